The molecule has 4 N–H and O–H groups in total. The average Bonchev–Trinajstić information content (AvgIpc) is 2.64. The van der Waals surface area contributed by atoms with Crippen LogP contribution < -0.4 is 11.1 Å². The summed E-state index contributed by atoms with van der Waals surface area (Å²) in [6, 6.07) is 5.10. The Morgan fingerprint density at radius 2 is 2.39 bits per heavy atom. The van der Waals surface area contributed by atoms with Crippen molar-refractivity contribution in [3.05, 3.63) is 24.1 Å². The summed E-state index contributed by atoms with van der Waals surface area (Å²) in [5.41, 5.74) is 7.99. The Morgan fingerprint density at radius 1 is 1.61 bits per heavy atom. The number of nitrogens with two attached hydrogens (primary N) is 1. The average molecular weight is 249 g/mol. The first-order valence-electron chi connectivity index (χ1n) is 5.63. The summed E-state index contributed by atoms with van der Waals surface area (Å²) in [7, 11) is 0. The van der Waals surface area contributed by atoms with Crippen LogP contribution in [0.4, 0.5) is 5.69 Å². The maximum Gasteiger partial charge on any atom is 0.304 e. The van der Waals surface area contributed by atoms with E-state index in [1.54, 1.807) is 6.92 Å². The number of hydrogen-bond donors (Lipinski definition) is 3. The van der Waals surface area contributed by atoms with Crippen molar-refractivity contribution < 1.29 is 14.3 Å². The van der Waals surface area contributed by atoms with Crippen LogP contribution in [0.3, 0.4) is 0 Å². The van der Waals surface area contributed by atoms with E-state index in [9.17, 15) is 4.79 Å². The molecule has 0 aliphatic heterocycles. The van der Waals surface area contributed by atoms with Crippen molar-refractivity contribution in [2.45, 2.75) is 19.4 Å². The van der Waals surface area contributed by atoms with Gasteiger partial charge in [-0.15, -0.1) is 0 Å². The highest BCUT2D eigenvalue weighted by Crippen LogP contribution is 2.19. The van der Waals surface area contributed by atoms with Gasteiger partial charge in [0.25, 0.3) is 0 Å². The fourth-order valence-corrected chi connectivity index (χ4v) is 1.70. The third kappa shape index (κ3) is 2.98. The zero-order chi connectivity index (χ0) is 13.1. The molecular weight excluding hydrogens is 234 g/mol. The SMILES string of the molecule is Cc1nc2ccc(NCC(N)CC(=O)O)cc2o1. The smallest absolute Gasteiger partial charge is 0.304 e. The molecule has 18 heavy (non-hydrogen) atoms. The Labute approximate surface area is 104 Å². The summed E-state index contributed by atoms with van der Waals surface area (Å²) >= 11 is 0. The van der Waals surface area contributed by atoms with Gasteiger partial charge in [0.05, 0.1) is 6.42 Å². The van der Waals surface area contributed by atoms with Crippen molar-refractivity contribution in [1.82, 2.24) is 4.98 Å². The lowest BCUT2D eigenvalue weighted by atomic mass is 10.2. The molecule has 2 rings (SSSR count). The molecular formula is C12H15N3O3. The number of rotatable bonds is 5. The second kappa shape index (κ2) is 5.05. The van der Waals surface area contributed by atoms with E-state index in [4.69, 9.17) is 15.3 Å². The highest BCUT2D eigenvalue weighted by Gasteiger charge is 2.08. The fraction of sp³-hybridized carbons (Fsp3) is 0.333. The number of aromatic nitrogens is 1. The molecule has 0 saturated carbocycles. The van der Waals surface area contributed by atoms with Crippen LogP contribution in [0.15, 0.2) is 22.6 Å². The van der Waals surface area contributed by atoms with Gasteiger partial charge < -0.3 is 20.6 Å². The predicted molar refractivity (Wildman–Crippen MR) is 67.5 cm³/mol. The lowest BCUT2D eigenvalue weighted by Crippen LogP contribution is -2.31. The van der Waals surface area contributed by atoms with E-state index in [1.807, 2.05) is 18.2 Å². The van der Waals surface area contributed by atoms with Gasteiger partial charge in [0.1, 0.15) is 5.52 Å². The summed E-state index contributed by atoms with van der Waals surface area (Å²) in [5, 5.41) is 11.7. The largest absolute Gasteiger partial charge is 0.481 e. The molecule has 6 heteroatoms. The Kier molecular flexibility index (Phi) is 3.47. The molecule has 0 amide bonds. The van der Waals surface area contributed by atoms with Gasteiger partial charge >= 0.3 is 5.97 Å². The van der Waals surface area contributed by atoms with Crippen molar-refractivity contribution in [3.8, 4) is 0 Å². The van der Waals surface area contributed by atoms with Crippen molar-refractivity contribution in [3.63, 3.8) is 0 Å². The van der Waals surface area contributed by atoms with Crippen molar-refractivity contribution in [2.24, 2.45) is 5.73 Å². The number of carboxylic acid groups (broad SMARTS) is 1. The topological polar surface area (TPSA) is 101 Å². The Morgan fingerprint density at radius 3 is 3.11 bits per heavy atom. The van der Waals surface area contributed by atoms with Crippen LogP contribution >= 0.6 is 0 Å². The summed E-state index contributed by atoms with van der Waals surface area (Å²) < 4.78 is 5.40. The first-order chi connectivity index (χ1) is 8.54. The molecule has 6 nitrogen and oxygen atoms in total. The number of fused-ring (bicyclic) bond motifs is 1. The molecule has 1 aromatic heterocycles. The van der Waals surface area contributed by atoms with Crippen LogP contribution in [-0.2, 0) is 4.79 Å². The first kappa shape index (κ1) is 12.4. The molecule has 0 aliphatic rings. The first-order valence-corrected chi connectivity index (χ1v) is 5.63. The van der Waals surface area contributed by atoms with E-state index in [2.05, 4.69) is 10.3 Å². The van der Waals surface area contributed by atoms with Crippen LogP contribution in [0.2, 0.25) is 0 Å². The number of nitrogens with zero attached hydrogens (tertiary/aromatic N) is 1. The van der Waals surface area contributed by atoms with Crippen molar-refractivity contribution in [1.29, 1.82) is 0 Å². The minimum Gasteiger partial charge on any atom is -0.481 e. The quantitative estimate of drug-likeness (QED) is 0.739. The zero-order valence-electron chi connectivity index (χ0n) is 10.0. The number of aryl methyl sites for hydroxylation is 1. The normalized spacial score (nSPS) is 12.6. The molecule has 96 valence electrons. The van der Waals surface area contributed by atoms with E-state index in [1.165, 1.54) is 0 Å². The molecule has 0 radical (unpaired) electrons. The number of aliphatic carboxylic acids is 1. The maximum atomic E-state index is 10.5. The van der Waals surface area contributed by atoms with Gasteiger partial charge in [-0.2, -0.15) is 0 Å². The number of benzene rings is 1. The van der Waals surface area contributed by atoms with Crippen LogP contribution in [0.1, 0.15) is 12.3 Å². The number of carbonyl (C=O) groups is 1. The van der Waals surface area contributed by atoms with Crippen molar-refractivity contribution >= 4 is 22.8 Å². The Bertz CT molecular complexity index is 565. The number of nitrogens with one attached hydrogen (secondary N) is 1. The summed E-state index contributed by atoms with van der Waals surface area (Å²) in [6.07, 6.45) is -0.0589. The minimum atomic E-state index is -0.898. The lowest BCUT2D eigenvalue weighted by molar-refractivity contribution is -0.137. The van der Waals surface area contributed by atoms with Gasteiger partial charge in [0.2, 0.25) is 0 Å². The molecule has 0 fully saturated rings. The van der Waals surface area contributed by atoms with Gasteiger partial charge in [0.15, 0.2) is 11.5 Å². The van der Waals surface area contributed by atoms with E-state index in [-0.39, 0.29) is 6.42 Å². The minimum absolute atomic E-state index is 0.0589. The zero-order valence-corrected chi connectivity index (χ0v) is 10.0. The van der Waals surface area contributed by atoms with Crippen LogP contribution in [0.25, 0.3) is 11.1 Å². The van der Waals surface area contributed by atoms with Gasteiger partial charge in [0, 0.05) is 31.3 Å². The molecule has 1 atom stereocenters. The number of carboxylic acids is 1. The van der Waals surface area contributed by atoms with Gasteiger partial charge in [-0.05, 0) is 12.1 Å². The molecule has 1 aromatic carbocycles. The molecule has 0 bridgehead atoms. The molecule has 2 aromatic rings. The lowest BCUT2D eigenvalue weighted by Gasteiger charge is -2.11. The molecule has 0 aliphatic carbocycles. The third-order valence-electron chi connectivity index (χ3n) is 2.50. The molecule has 1 unspecified atom stereocenters. The Hall–Kier alpha value is -2.08. The van der Waals surface area contributed by atoms with Gasteiger partial charge in [-0.25, -0.2) is 4.98 Å². The van der Waals surface area contributed by atoms with Crippen LogP contribution in [-0.4, -0.2) is 28.6 Å². The van der Waals surface area contributed by atoms with E-state index >= 15 is 0 Å². The maximum absolute atomic E-state index is 10.5. The van der Waals surface area contributed by atoms with Crippen LogP contribution in [0.5, 0.6) is 0 Å². The molecule has 1 heterocycles. The second-order valence-electron chi connectivity index (χ2n) is 4.15. The van der Waals surface area contributed by atoms with E-state index in [0.717, 1.165) is 11.2 Å². The van der Waals surface area contributed by atoms with Crippen LogP contribution in [0, 0.1) is 6.92 Å². The number of hydrogen-bond acceptors (Lipinski definition) is 5. The summed E-state index contributed by atoms with van der Waals surface area (Å²) in [6.45, 7) is 2.18. The second-order valence-corrected chi connectivity index (χ2v) is 4.15. The molecule has 0 spiro atoms. The van der Waals surface area contributed by atoms with Gasteiger partial charge in [-0.3, -0.25) is 4.79 Å². The Balaban J connectivity index is 2.01. The van der Waals surface area contributed by atoms with Crippen molar-refractivity contribution in [2.75, 3.05) is 11.9 Å². The molecule has 0 saturated heterocycles. The fourth-order valence-electron chi connectivity index (χ4n) is 1.70. The number of anilines is 1. The highest BCUT2D eigenvalue weighted by atomic mass is 16.4. The number of oxazole rings is 1. The predicted octanol–water partition coefficient (Wildman–Crippen LogP) is 1.35. The third-order valence-corrected chi connectivity index (χ3v) is 2.50. The van der Waals surface area contributed by atoms with Gasteiger partial charge in [-0.1, -0.05) is 0 Å². The van der Waals surface area contributed by atoms with E-state index in [0.29, 0.717) is 18.0 Å². The summed E-state index contributed by atoms with van der Waals surface area (Å²) in [5.74, 6) is -0.282. The standard InChI is InChI=1S/C12H15N3O3/c1-7-15-10-3-2-9(5-11(10)18-7)14-6-8(13)4-12(16)17/h2-3,5,8,14H,4,6,13H2,1H3,(H,16,17). The monoisotopic (exact) mass is 249 g/mol. The van der Waals surface area contributed by atoms with E-state index < -0.39 is 12.0 Å². The highest BCUT2D eigenvalue weighted by molar-refractivity contribution is 5.77. The summed E-state index contributed by atoms with van der Waals surface area (Å²) in [4.78, 5) is 14.7.